The quantitative estimate of drug-likeness (QED) is 0.275. The topological polar surface area (TPSA) is 155 Å². The number of H-pyrrole nitrogens is 1. The van der Waals surface area contributed by atoms with Crippen LogP contribution in [0.2, 0.25) is 0 Å². The van der Waals surface area contributed by atoms with Gasteiger partial charge in [-0.3, -0.25) is 15.1 Å². The highest BCUT2D eigenvalue weighted by Gasteiger charge is 2.28. The maximum Gasteiger partial charge on any atom is 0.411 e. The third kappa shape index (κ3) is 5.34. The molecule has 1 atom stereocenters. The second-order valence-corrected chi connectivity index (χ2v) is 9.64. The standard InChI is InChI=1S/C28H27N9O4/c1-17-3-7-24(36-16-31-34-35-36)21(11-17)18-12-20-5-8-25(37(20)26(38)13-18)27-30-15-23(33-27)22-6-4-19(14-29-22)32-28(39)41-10-9-40-2/h3-4,6-7,11-16,25H,5,8-10H2,1-2H3,(H,30,33)(H,32,39)/t25-/m0/s1. The van der Waals surface area contributed by atoms with E-state index in [2.05, 4.69) is 41.9 Å². The van der Waals surface area contributed by atoms with E-state index in [1.54, 1.807) is 39.8 Å². The molecule has 1 aliphatic rings. The number of ether oxygens (including phenoxy) is 2. The zero-order chi connectivity index (χ0) is 28.3. The molecule has 1 aromatic carbocycles. The highest BCUT2D eigenvalue weighted by atomic mass is 16.6. The zero-order valence-electron chi connectivity index (χ0n) is 22.4. The molecule has 0 fully saturated rings. The molecule has 2 N–H and O–H groups in total. The number of nitrogens with one attached hydrogen (secondary N) is 2. The van der Waals surface area contributed by atoms with E-state index in [0.29, 0.717) is 29.5 Å². The molecule has 5 aromatic rings. The molecule has 13 nitrogen and oxygen atoms in total. The number of aromatic nitrogens is 8. The van der Waals surface area contributed by atoms with Crippen molar-refractivity contribution in [2.45, 2.75) is 25.8 Å². The lowest BCUT2D eigenvalue weighted by molar-refractivity contribution is 0.107. The predicted octanol–water partition coefficient (Wildman–Crippen LogP) is 3.32. The van der Waals surface area contributed by atoms with Gasteiger partial charge >= 0.3 is 6.09 Å². The van der Waals surface area contributed by atoms with Crippen molar-refractivity contribution in [1.29, 1.82) is 0 Å². The van der Waals surface area contributed by atoms with Gasteiger partial charge in [0.1, 0.15) is 18.8 Å². The van der Waals surface area contributed by atoms with E-state index >= 15 is 0 Å². The fraction of sp³-hybridized carbons (Fsp3) is 0.250. The Morgan fingerprint density at radius 3 is 2.80 bits per heavy atom. The van der Waals surface area contributed by atoms with Crippen molar-refractivity contribution in [2.75, 3.05) is 25.6 Å². The maximum absolute atomic E-state index is 13.5. The van der Waals surface area contributed by atoms with Crippen molar-refractivity contribution in [3.8, 4) is 28.2 Å². The molecule has 1 aliphatic heterocycles. The van der Waals surface area contributed by atoms with Gasteiger partial charge in [-0.25, -0.2) is 9.78 Å². The van der Waals surface area contributed by atoms with Crippen molar-refractivity contribution in [1.82, 2.24) is 39.7 Å². The number of anilines is 1. The summed E-state index contributed by atoms with van der Waals surface area (Å²) in [6.07, 6.45) is 5.67. The molecule has 0 saturated heterocycles. The molecular formula is C28H27N9O4. The lowest BCUT2D eigenvalue weighted by Gasteiger charge is -2.15. The van der Waals surface area contributed by atoms with Gasteiger partial charge in [0.15, 0.2) is 0 Å². The summed E-state index contributed by atoms with van der Waals surface area (Å²) in [6, 6.07) is 13.0. The van der Waals surface area contributed by atoms with Gasteiger partial charge < -0.3 is 19.0 Å². The van der Waals surface area contributed by atoms with Gasteiger partial charge in [0, 0.05) is 24.4 Å². The normalized spacial score (nSPS) is 14.1. The van der Waals surface area contributed by atoms with Crippen molar-refractivity contribution < 1.29 is 14.3 Å². The highest BCUT2D eigenvalue weighted by Crippen LogP contribution is 2.33. The van der Waals surface area contributed by atoms with Crippen LogP contribution < -0.4 is 10.9 Å². The molecule has 0 aliphatic carbocycles. The first kappa shape index (κ1) is 26.1. The molecule has 41 heavy (non-hydrogen) atoms. The number of aryl methyl sites for hydroxylation is 2. The summed E-state index contributed by atoms with van der Waals surface area (Å²) in [5.74, 6) is 0.684. The third-order valence-corrected chi connectivity index (χ3v) is 6.91. The first-order valence-corrected chi connectivity index (χ1v) is 13.0. The van der Waals surface area contributed by atoms with Crippen LogP contribution >= 0.6 is 0 Å². The number of rotatable bonds is 8. The number of pyridine rings is 2. The molecule has 0 spiro atoms. The number of hydrogen-bond donors (Lipinski definition) is 2. The van der Waals surface area contributed by atoms with Gasteiger partial charge in [-0.2, -0.15) is 4.68 Å². The summed E-state index contributed by atoms with van der Waals surface area (Å²) in [5, 5.41) is 14.2. The summed E-state index contributed by atoms with van der Waals surface area (Å²) in [6.45, 7) is 2.49. The summed E-state index contributed by atoms with van der Waals surface area (Å²) >= 11 is 0. The number of fused-ring (bicyclic) bond motifs is 1. The van der Waals surface area contributed by atoms with Crippen LogP contribution in [0.3, 0.4) is 0 Å². The molecule has 0 radical (unpaired) electrons. The first-order valence-electron chi connectivity index (χ1n) is 13.0. The van der Waals surface area contributed by atoms with Crippen molar-refractivity contribution in [3.05, 3.63) is 88.6 Å². The Morgan fingerprint density at radius 2 is 2.02 bits per heavy atom. The van der Waals surface area contributed by atoms with Gasteiger partial charge in [-0.1, -0.05) is 11.6 Å². The van der Waals surface area contributed by atoms with Crippen molar-refractivity contribution in [2.24, 2.45) is 0 Å². The van der Waals surface area contributed by atoms with E-state index in [4.69, 9.17) is 9.47 Å². The second kappa shape index (κ2) is 11.1. The highest BCUT2D eigenvalue weighted by molar-refractivity contribution is 5.84. The predicted molar refractivity (Wildman–Crippen MR) is 149 cm³/mol. The van der Waals surface area contributed by atoms with Gasteiger partial charge in [0.2, 0.25) is 0 Å². The molecule has 13 heteroatoms. The van der Waals surface area contributed by atoms with Crippen LogP contribution in [0.1, 0.15) is 29.5 Å². The minimum atomic E-state index is -0.581. The second-order valence-electron chi connectivity index (χ2n) is 9.64. The number of methoxy groups -OCH3 is 1. The molecule has 6 rings (SSSR count). The number of benzene rings is 1. The van der Waals surface area contributed by atoms with Crippen molar-refractivity contribution >= 4 is 11.8 Å². The first-order chi connectivity index (χ1) is 20.0. The third-order valence-electron chi connectivity index (χ3n) is 6.91. The van der Waals surface area contributed by atoms with E-state index in [1.165, 1.54) is 13.4 Å². The maximum atomic E-state index is 13.5. The van der Waals surface area contributed by atoms with Gasteiger partial charge in [0.05, 0.1) is 47.8 Å². The summed E-state index contributed by atoms with van der Waals surface area (Å²) < 4.78 is 13.3. The number of carbonyl (C=O) groups excluding carboxylic acids is 1. The lowest BCUT2D eigenvalue weighted by atomic mass is 10.0. The van der Waals surface area contributed by atoms with Gasteiger partial charge in [-0.15, -0.1) is 5.10 Å². The monoisotopic (exact) mass is 553 g/mol. The van der Waals surface area contributed by atoms with Crippen LogP contribution in [0.15, 0.2) is 66.0 Å². The van der Waals surface area contributed by atoms with Crippen LogP contribution in [-0.4, -0.2) is 66.1 Å². The molecule has 1 amide bonds. The average molecular weight is 554 g/mol. The SMILES string of the molecule is COCCOC(=O)Nc1ccc(-c2cnc([C@@H]3CCc4cc(-c5cc(C)ccc5-n5cnnn5)cc(=O)n43)[nH]2)nc1. The van der Waals surface area contributed by atoms with Gasteiger partial charge in [-0.05, 0) is 66.1 Å². The number of carbonyl (C=O) groups is 1. The Kier molecular flexibility index (Phi) is 7.08. The molecular weight excluding hydrogens is 526 g/mol. The Balaban J connectivity index is 1.22. The number of nitrogens with zero attached hydrogens (tertiary/aromatic N) is 7. The van der Waals surface area contributed by atoms with Crippen LogP contribution in [0, 0.1) is 6.92 Å². The minimum Gasteiger partial charge on any atom is -0.447 e. The van der Waals surface area contributed by atoms with E-state index in [0.717, 1.165) is 40.9 Å². The fourth-order valence-corrected chi connectivity index (χ4v) is 5.00. The molecule has 0 unspecified atom stereocenters. The fourth-order valence-electron chi connectivity index (χ4n) is 5.00. The van der Waals surface area contributed by atoms with E-state index < -0.39 is 6.09 Å². The van der Waals surface area contributed by atoms with Crippen LogP contribution in [0.4, 0.5) is 10.5 Å². The Hall–Kier alpha value is -5.17. The number of aromatic amines is 1. The van der Waals surface area contributed by atoms with Crippen molar-refractivity contribution in [3.63, 3.8) is 0 Å². The van der Waals surface area contributed by atoms with E-state index in [9.17, 15) is 9.59 Å². The van der Waals surface area contributed by atoms with E-state index in [-0.39, 0.29) is 18.2 Å². The Bertz CT molecular complexity index is 1740. The number of hydrogen-bond acceptors (Lipinski definition) is 9. The largest absolute Gasteiger partial charge is 0.447 e. The van der Waals surface area contributed by atoms with Crippen LogP contribution in [0.5, 0.6) is 0 Å². The Labute approximate surface area is 234 Å². The van der Waals surface area contributed by atoms with Gasteiger partial charge in [0.25, 0.3) is 5.56 Å². The zero-order valence-corrected chi connectivity index (χ0v) is 22.4. The smallest absolute Gasteiger partial charge is 0.411 e. The summed E-state index contributed by atoms with van der Waals surface area (Å²) in [5.41, 5.74) is 6.25. The molecule has 5 heterocycles. The molecule has 0 saturated carbocycles. The lowest BCUT2D eigenvalue weighted by Crippen LogP contribution is -2.23. The summed E-state index contributed by atoms with van der Waals surface area (Å²) in [4.78, 5) is 37.7. The molecule has 208 valence electrons. The molecule has 4 aromatic heterocycles. The Morgan fingerprint density at radius 1 is 1.12 bits per heavy atom. The average Bonchev–Trinajstić information content (AvgIpc) is 3.75. The molecule has 0 bridgehead atoms. The number of amides is 1. The number of tetrazole rings is 1. The number of imidazole rings is 1. The minimum absolute atomic E-state index is 0.104. The van der Waals surface area contributed by atoms with Crippen LogP contribution in [0.25, 0.3) is 28.2 Å². The van der Waals surface area contributed by atoms with E-state index in [1.807, 2.05) is 25.1 Å². The summed E-state index contributed by atoms with van der Waals surface area (Å²) in [7, 11) is 1.53. The van der Waals surface area contributed by atoms with Crippen LogP contribution in [-0.2, 0) is 15.9 Å².